The normalized spacial score (nSPS) is 13.0. The van der Waals surface area contributed by atoms with E-state index in [0.717, 1.165) is 40.9 Å². The van der Waals surface area contributed by atoms with Crippen molar-refractivity contribution in [2.24, 2.45) is 5.92 Å². The van der Waals surface area contributed by atoms with E-state index in [1.807, 2.05) is 75.5 Å². The van der Waals surface area contributed by atoms with Gasteiger partial charge in [-0.2, -0.15) is 0 Å². The Morgan fingerprint density at radius 1 is 1.19 bits per heavy atom. The summed E-state index contributed by atoms with van der Waals surface area (Å²) < 4.78 is 7.43. The van der Waals surface area contributed by atoms with Gasteiger partial charge < -0.3 is 9.84 Å². The van der Waals surface area contributed by atoms with Crippen LogP contribution >= 0.6 is 0 Å². The molecule has 0 aliphatic rings. The average molecular weight is 422 g/mol. The van der Waals surface area contributed by atoms with Crippen LogP contribution in [0.1, 0.15) is 54.1 Å². The molecule has 0 aliphatic carbocycles. The molecule has 0 fully saturated rings. The number of esters is 1. The third-order valence-electron chi connectivity index (χ3n) is 5.79. The van der Waals surface area contributed by atoms with Crippen molar-refractivity contribution in [2.75, 3.05) is 0 Å². The van der Waals surface area contributed by atoms with Crippen molar-refractivity contribution in [3.63, 3.8) is 0 Å². The molecule has 0 amide bonds. The van der Waals surface area contributed by atoms with Crippen molar-refractivity contribution in [1.82, 2.24) is 15.0 Å². The second kappa shape index (κ2) is 10.9. The van der Waals surface area contributed by atoms with Crippen molar-refractivity contribution in [1.29, 1.82) is 0 Å². The first-order valence-electron chi connectivity index (χ1n) is 10.8. The Labute approximate surface area is 183 Å². The van der Waals surface area contributed by atoms with E-state index in [1.165, 1.54) is 0 Å². The molecule has 164 valence electrons. The van der Waals surface area contributed by atoms with Gasteiger partial charge in [-0.05, 0) is 54.9 Å². The van der Waals surface area contributed by atoms with Gasteiger partial charge in [0.05, 0.1) is 18.2 Å². The highest BCUT2D eigenvalue weighted by Crippen LogP contribution is 2.32. The maximum atomic E-state index is 12.9. The van der Waals surface area contributed by atoms with Crippen molar-refractivity contribution in [2.45, 2.75) is 59.3 Å². The molecule has 6 heteroatoms. The highest BCUT2D eigenvalue weighted by atomic mass is 16.5. The first kappa shape index (κ1) is 22.7. The summed E-state index contributed by atoms with van der Waals surface area (Å²) >= 11 is 0. The van der Waals surface area contributed by atoms with E-state index in [4.69, 9.17) is 4.74 Å². The third kappa shape index (κ3) is 6.01. The lowest BCUT2D eigenvalue weighted by Gasteiger charge is -2.24. The molecule has 1 heterocycles. The van der Waals surface area contributed by atoms with Gasteiger partial charge in [-0.25, -0.2) is 0 Å². The predicted octanol–water partition coefficient (Wildman–Crippen LogP) is 4.19. The van der Waals surface area contributed by atoms with E-state index in [1.54, 1.807) is 4.68 Å². The SMILES string of the molecule is CCn1cc(CCC(c2ccc(C)c(CO)c2)C(C)C(=O)OCc2ccccc2)nn1. The number of carbonyl (C=O) groups is 1. The van der Waals surface area contributed by atoms with Gasteiger partial charge in [0.2, 0.25) is 0 Å². The number of aliphatic hydroxyl groups excluding tert-OH is 1. The molecular formula is C25H31N3O3. The van der Waals surface area contributed by atoms with Gasteiger partial charge in [0.1, 0.15) is 6.61 Å². The van der Waals surface area contributed by atoms with Gasteiger partial charge in [0, 0.05) is 12.7 Å². The van der Waals surface area contributed by atoms with E-state index < -0.39 is 0 Å². The number of hydrogen-bond acceptors (Lipinski definition) is 5. The quantitative estimate of drug-likeness (QED) is 0.497. The van der Waals surface area contributed by atoms with Gasteiger partial charge in [-0.15, -0.1) is 5.10 Å². The minimum absolute atomic E-state index is 0.0238. The summed E-state index contributed by atoms with van der Waals surface area (Å²) in [6, 6.07) is 15.7. The first-order valence-corrected chi connectivity index (χ1v) is 10.8. The zero-order chi connectivity index (χ0) is 22.2. The summed E-state index contributed by atoms with van der Waals surface area (Å²) in [6.07, 6.45) is 3.39. The van der Waals surface area contributed by atoms with Gasteiger partial charge in [-0.1, -0.05) is 60.7 Å². The Morgan fingerprint density at radius 3 is 2.65 bits per heavy atom. The fraction of sp³-hybridized carbons (Fsp3) is 0.400. The van der Waals surface area contributed by atoms with E-state index in [-0.39, 0.29) is 31.0 Å². The van der Waals surface area contributed by atoms with Crippen molar-refractivity contribution in [3.05, 3.63) is 82.7 Å². The Kier molecular flexibility index (Phi) is 7.95. The zero-order valence-electron chi connectivity index (χ0n) is 18.5. The van der Waals surface area contributed by atoms with E-state index in [2.05, 4.69) is 10.3 Å². The molecule has 1 aromatic heterocycles. The molecule has 0 radical (unpaired) electrons. The lowest BCUT2D eigenvalue weighted by Crippen LogP contribution is -2.23. The number of hydrogen-bond donors (Lipinski definition) is 1. The number of rotatable bonds is 10. The molecule has 6 nitrogen and oxygen atoms in total. The molecule has 0 aliphatic heterocycles. The van der Waals surface area contributed by atoms with Crippen LogP contribution in [0.5, 0.6) is 0 Å². The lowest BCUT2D eigenvalue weighted by molar-refractivity contribution is -0.150. The fourth-order valence-corrected chi connectivity index (χ4v) is 3.73. The minimum atomic E-state index is -0.334. The predicted molar refractivity (Wildman–Crippen MR) is 119 cm³/mol. The van der Waals surface area contributed by atoms with Crippen LogP contribution in [-0.4, -0.2) is 26.1 Å². The molecule has 2 unspecified atom stereocenters. The zero-order valence-corrected chi connectivity index (χ0v) is 18.5. The van der Waals surface area contributed by atoms with Crippen molar-refractivity contribution < 1.29 is 14.6 Å². The molecule has 3 aromatic rings. The molecule has 1 N–H and O–H groups in total. The highest BCUT2D eigenvalue weighted by molar-refractivity contribution is 5.73. The molecule has 0 saturated carbocycles. The molecule has 2 atom stereocenters. The number of aromatic nitrogens is 3. The van der Waals surface area contributed by atoms with Crippen LogP contribution in [-0.2, 0) is 35.7 Å². The Balaban J connectivity index is 1.77. The number of nitrogens with zero attached hydrogens (tertiary/aromatic N) is 3. The summed E-state index contributed by atoms with van der Waals surface area (Å²) in [6.45, 7) is 6.93. The highest BCUT2D eigenvalue weighted by Gasteiger charge is 2.27. The lowest BCUT2D eigenvalue weighted by atomic mass is 9.82. The summed E-state index contributed by atoms with van der Waals surface area (Å²) in [5.74, 6) is -0.614. The van der Waals surface area contributed by atoms with E-state index >= 15 is 0 Å². The smallest absolute Gasteiger partial charge is 0.309 e. The monoisotopic (exact) mass is 421 g/mol. The minimum Gasteiger partial charge on any atom is -0.461 e. The van der Waals surface area contributed by atoms with Crippen molar-refractivity contribution in [3.8, 4) is 0 Å². The molecule has 0 saturated heterocycles. The van der Waals surface area contributed by atoms with Gasteiger partial charge in [0.15, 0.2) is 0 Å². The van der Waals surface area contributed by atoms with Crippen LogP contribution in [0.2, 0.25) is 0 Å². The largest absolute Gasteiger partial charge is 0.461 e. The maximum absolute atomic E-state index is 12.9. The number of benzene rings is 2. The summed E-state index contributed by atoms with van der Waals surface area (Å²) in [4.78, 5) is 12.9. The van der Waals surface area contributed by atoms with Crippen LogP contribution in [0.15, 0.2) is 54.7 Å². The van der Waals surface area contributed by atoms with Crippen LogP contribution in [0.3, 0.4) is 0 Å². The molecule has 2 aromatic carbocycles. The molecule has 0 spiro atoms. The molecule has 0 bridgehead atoms. The summed E-state index contributed by atoms with van der Waals surface area (Å²) in [5.41, 5.74) is 4.82. The molecular weight excluding hydrogens is 390 g/mol. The first-order chi connectivity index (χ1) is 15.0. The second-order valence-corrected chi connectivity index (χ2v) is 7.94. The van der Waals surface area contributed by atoms with Gasteiger partial charge in [-0.3, -0.25) is 9.48 Å². The van der Waals surface area contributed by atoms with Gasteiger partial charge in [0.25, 0.3) is 0 Å². The number of carbonyl (C=O) groups excluding carboxylic acids is 1. The summed E-state index contributed by atoms with van der Waals surface area (Å²) in [7, 11) is 0. The fourth-order valence-electron chi connectivity index (χ4n) is 3.73. The standard InChI is InChI=1S/C25H31N3O3/c1-4-28-15-23(26-27-28)12-13-24(21-11-10-18(2)22(14-21)16-29)19(3)25(30)31-17-20-8-6-5-7-9-20/h5-11,14-15,19,24,29H,4,12-13,16-17H2,1-3H3. The molecule has 31 heavy (non-hydrogen) atoms. The van der Waals surface area contributed by atoms with Crippen LogP contribution in [0.25, 0.3) is 0 Å². The van der Waals surface area contributed by atoms with Crippen LogP contribution < -0.4 is 0 Å². The van der Waals surface area contributed by atoms with Crippen LogP contribution in [0.4, 0.5) is 0 Å². The maximum Gasteiger partial charge on any atom is 0.309 e. The number of ether oxygens (including phenoxy) is 1. The third-order valence-corrected chi connectivity index (χ3v) is 5.79. The van der Waals surface area contributed by atoms with E-state index in [9.17, 15) is 9.90 Å². The number of aliphatic hydroxyl groups is 1. The van der Waals surface area contributed by atoms with Crippen molar-refractivity contribution >= 4 is 5.97 Å². The van der Waals surface area contributed by atoms with Gasteiger partial charge >= 0.3 is 5.97 Å². The second-order valence-electron chi connectivity index (χ2n) is 7.94. The topological polar surface area (TPSA) is 77.2 Å². The summed E-state index contributed by atoms with van der Waals surface area (Å²) in [5, 5.41) is 18.1. The van der Waals surface area contributed by atoms with E-state index in [0.29, 0.717) is 6.42 Å². The Bertz CT molecular complexity index is 985. The Morgan fingerprint density at radius 2 is 1.97 bits per heavy atom. The number of aryl methyl sites for hydroxylation is 3. The van der Waals surface area contributed by atoms with Crippen LogP contribution in [0, 0.1) is 12.8 Å². The average Bonchev–Trinajstić information content (AvgIpc) is 3.27. The Hall–Kier alpha value is -2.99. The molecule has 3 rings (SSSR count).